The van der Waals surface area contributed by atoms with Crippen LogP contribution in [0.1, 0.15) is 16.1 Å². The summed E-state index contributed by atoms with van der Waals surface area (Å²) in [4.78, 5) is 20.8. The Morgan fingerprint density at radius 2 is 2.22 bits per heavy atom. The SMILES string of the molecule is Cc1cc(-n2cc(C(=O)O)nn2)ccc1[N+](=O)[O-]. The molecule has 8 nitrogen and oxygen atoms in total. The molecule has 0 spiro atoms. The fourth-order valence-electron chi connectivity index (χ4n) is 1.47. The number of rotatable bonds is 3. The number of aromatic nitrogens is 3. The Hall–Kier alpha value is -2.77. The fraction of sp³-hybridized carbons (Fsp3) is 0.100. The van der Waals surface area contributed by atoms with E-state index in [2.05, 4.69) is 10.3 Å². The summed E-state index contributed by atoms with van der Waals surface area (Å²) < 4.78 is 1.25. The van der Waals surface area contributed by atoms with Gasteiger partial charge in [0.2, 0.25) is 0 Å². The first kappa shape index (κ1) is 11.7. The molecular formula is C10H8N4O4. The number of aryl methyl sites for hydroxylation is 1. The first-order chi connectivity index (χ1) is 8.49. The second-order valence-corrected chi connectivity index (χ2v) is 3.58. The maximum absolute atomic E-state index is 10.7. The summed E-state index contributed by atoms with van der Waals surface area (Å²) in [7, 11) is 0. The van der Waals surface area contributed by atoms with Crippen LogP contribution in [0.2, 0.25) is 0 Å². The highest BCUT2D eigenvalue weighted by Gasteiger charge is 2.13. The number of aromatic carboxylic acids is 1. The minimum absolute atomic E-state index is 0.00248. The lowest BCUT2D eigenvalue weighted by Gasteiger charge is -2.01. The van der Waals surface area contributed by atoms with Gasteiger partial charge in [-0.3, -0.25) is 10.1 Å². The van der Waals surface area contributed by atoms with Gasteiger partial charge in [0.05, 0.1) is 16.8 Å². The van der Waals surface area contributed by atoms with Gasteiger partial charge in [0.25, 0.3) is 5.69 Å². The van der Waals surface area contributed by atoms with E-state index in [4.69, 9.17) is 5.11 Å². The lowest BCUT2D eigenvalue weighted by Crippen LogP contribution is -1.98. The number of carboxylic acids is 1. The van der Waals surface area contributed by atoms with Crippen LogP contribution in [0.25, 0.3) is 5.69 Å². The number of nitro groups is 1. The Labute approximate surface area is 101 Å². The molecule has 2 rings (SSSR count). The van der Waals surface area contributed by atoms with Crippen LogP contribution in [0.15, 0.2) is 24.4 Å². The van der Waals surface area contributed by atoms with E-state index in [1.807, 2.05) is 0 Å². The van der Waals surface area contributed by atoms with E-state index >= 15 is 0 Å². The minimum atomic E-state index is -1.18. The highest BCUT2D eigenvalue weighted by atomic mass is 16.6. The third-order valence-electron chi connectivity index (χ3n) is 2.35. The molecule has 0 amide bonds. The molecule has 0 unspecified atom stereocenters. The molecule has 1 aromatic carbocycles. The van der Waals surface area contributed by atoms with Crippen molar-refractivity contribution in [2.45, 2.75) is 6.92 Å². The van der Waals surface area contributed by atoms with E-state index in [1.54, 1.807) is 13.0 Å². The van der Waals surface area contributed by atoms with Crippen molar-refractivity contribution in [1.29, 1.82) is 0 Å². The summed E-state index contributed by atoms with van der Waals surface area (Å²) in [6, 6.07) is 4.36. The van der Waals surface area contributed by atoms with Crippen molar-refractivity contribution in [1.82, 2.24) is 15.0 Å². The van der Waals surface area contributed by atoms with Crippen molar-refractivity contribution < 1.29 is 14.8 Å². The highest BCUT2D eigenvalue weighted by Crippen LogP contribution is 2.20. The quantitative estimate of drug-likeness (QED) is 0.644. The molecule has 0 saturated heterocycles. The Kier molecular flexibility index (Phi) is 2.76. The molecule has 0 bridgehead atoms. The van der Waals surface area contributed by atoms with Crippen molar-refractivity contribution in [3.63, 3.8) is 0 Å². The van der Waals surface area contributed by atoms with E-state index in [9.17, 15) is 14.9 Å². The molecule has 0 aliphatic rings. The average molecular weight is 248 g/mol. The number of hydrogen-bond donors (Lipinski definition) is 1. The average Bonchev–Trinajstić information content (AvgIpc) is 2.77. The largest absolute Gasteiger partial charge is 0.476 e. The smallest absolute Gasteiger partial charge is 0.358 e. The molecule has 18 heavy (non-hydrogen) atoms. The molecule has 1 aromatic heterocycles. The van der Waals surface area contributed by atoms with Crippen LogP contribution in [0.4, 0.5) is 5.69 Å². The Morgan fingerprint density at radius 3 is 2.72 bits per heavy atom. The summed E-state index contributed by atoms with van der Waals surface area (Å²) in [6.45, 7) is 1.59. The predicted octanol–water partition coefficient (Wildman–Crippen LogP) is 1.18. The number of carbonyl (C=O) groups is 1. The number of nitrogens with zero attached hydrogens (tertiary/aromatic N) is 4. The standard InChI is InChI=1S/C10H8N4O4/c1-6-4-7(2-3-9(6)14(17)18)13-5-8(10(15)16)11-12-13/h2-5H,1H3,(H,15,16). The number of nitro benzene ring substituents is 1. The molecule has 0 fully saturated rings. The molecule has 0 saturated carbocycles. The van der Waals surface area contributed by atoms with E-state index < -0.39 is 10.9 Å². The third-order valence-corrected chi connectivity index (χ3v) is 2.35. The molecule has 0 atom stereocenters. The first-order valence-electron chi connectivity index (χ1n) is 4.90. The van der Waals surface area contributed by atoms with E-state index in [-0.39, 0.29) is 11.4 Å². The monoisotopic (exact) mass is 248 g/mol. The zero-order valence-electron chi connectivity index (χ0n) is 9.27. The molecule has 1 heterocycles. The fourth-order valence-corrected chi connectivity index (χ4v) is 1.47. The first-order valence-corrected chi connectivity index (χ1v) is 4.90. The summed E-state index contributed by atoms with van der Waals surface area (Å²) in [6.07, 6.45) is 1.24. The maximum Gasteiger partial charge on any atom is 0.358 e. The van der Waals surface area contributed by atoms with Crippen LogP contribution < -0.4 is 0 Å². The van der Waals surface area contributed by atoms with E-state index in [0.29, 0.717) is 11.3 Å². The second-order valence-electron chi connectivity index (χ2n) is 3.58. The molecule has 1 N–H and O–H groups in total. The van der Waals surface area contributed by atoms with Gasteiger partial charge in [0.1, 0.15) is 0 Å². The summed E-state index contributed by atoms with van der Waals surface area (Å²) in [5.74, 6) is -1.18. The van der Waals surface area contributed by atoms with Gasteiger partial charge in [-0.2, -0.15) is 0 Å². The van der Waals surface area contributed by atoms with Crippen LogP contribution in [-0.4, -0.2) is 31.0 Å². The molecule has 8 heteroatoms. The van der Waals surface area contributed by atoms with Crippen molar-refractivity contribution >= 4 is 11.7 Å². The lowest BCUT2D eigenvalue weighted by molar-refractivity contribution is -0.385. The van der Waals surface area contributed by atoms with Gasteiger partial charge < -0.3 is 5.11 Å². The van der Waals surface area contributed by atoms with Crippen molar-refractivity contribution in [3.05, 3.63) is 45.8 Å². The zero-order valence-corrected chi connectivity index (χ0v) is 9.27. The van der Waals surface area contributed by atoms with Gasteiger partial charge in [0.15, 0.2) is 5.69 Å². The van der Waals surface area contributed by atoms with Crippen molar-refractivity contribution in [3.8, 4) is 5.69 Å². The normalized spacial score (nSPS) is 10.3. The van der Waals surface area contributed by atoms with Gasteiger partial charge in [-0.05, 0) is 19.1 Å². The molecule has 0 aliphatic heterocycles. The topological polar surface area (TPSA) is 111 Å². The zero-order chi connectivity index (χ0) is 13.3. The summed E-state index contributed by atoms with van der Waals surface area (Å²) in [5.41, 5.74) is 0.784. The number of hydrogen-bond acceptors (Lipinski definition) is 5. The molecule has 2 aromatic rings. The highest BCUT2D eigenvalue weighted by molar-refractivity contribution is 5.84. The summed E-state index contributed by atoms with van der Waals surface area (Å²) >= 11 is 0. The predicted molar refractivity (Wildman–Crippen MR) is 59.7 cm³/mol. The lowest BCUT2D eigenvalue weighted by atomic mass is 10.2. The Bertz CT molecular complexity index is 635. The maximum atomic E-state index is 10.7. The molecule has 92 valence electrons. The van der Waals surface area contributed by atoms with Gasteiger partial charge in [0, 0.05) is 11.6 Å². The van der Waals surface area contributed by atoms with Crippen LogP contribution in [0.5, 0.6) is 0 Å². The second kappa shape index (κ2) is 4.24. The van der Waals surface area contributed by atoms with Gasteiger partial charge in [-0.25, -0.2) is 9.48 Å². The number of carboxylic acid groups (broad SMARTS) is 1. The minimum Gasteiger partial charge on any atom is -0.476 e. The van der Waals surface area contributed by atoms with Crippen molar-refractivity contribution in [2.75, 3.05) is 0 Å². The van der Waals surface area contributed by atoms with Gasteiger partial charge in [-0.1, -0.05) is 5.21 Å². The van der Waals surface area contributed by atoms with E-state index in [0.717, 1.165) is 0 Å². The Morgan fingerprint density at radius 1 is 1.50 bits per heavy atom. The van der Waals surface area contributed by atoms with Crippen molar-refractivity contribution in [2.24, 2.45) is 0 Å². The third kappa shape index (κ3) is 2.03. The van der Waals surface area contributed by atoms with Crippen LogP contribution in [0.3, 0.4) is 0 Å². The Balaban J connectivity index is 2.42. The molecule has 0 radical (unpaired) electrons. The van der Waals surface area contributed by atoms with Gasteiger partial charge in [-0.15, -0.1) is 5.10 Å². The molecular weight excluding hydrogens is 240 g/mol. The van der Waals surface area contributed by atoms with Gasteiger partial charge >= 0.3 is 5.97 Å². The van der Waals surface area contributed by atoms with E-state index in [1.165, 1.54) is 23.0 Å². The van der Waals surface area contributed by atoms with Crippen LogP contribution >= 0.6 is 0 Å². The molecule has 0 aliphatic carbocycles. The van der Waals surface area contributed by atoms with Crippen LogP contribution in [0, 0.1) is 17.0 Å². The van der Waals surface area contributed by atoms with Crippen LogP contribution in [-0.2, 0) is 0 Å². The summed E-state index contributed by atoms with van der Waals surface area (Å²) in [5, 5.41) is 26.5. The number of benzene rings is 1.